The van der Waals surface area contributed by atoms with Crippen LogP contribution in [0, 0.1) is 11.6 Å². The summed E-state index contributed by atoms with van der Waals surface area (Å²) in [4.78, 5) is 8.46. The van der Waals surface area contributed by atoms with E-state index in [2.05, 4.69) is 20.6 Å². The molecule has 0 unspecified atom stereocenters. The highest BCUT2D eigenvalue weighted by Crippen LogP contribution is 2.15. The van der Waals surface area contributed by atoms with Gasteiger partial charge in [0.15, 0.2) is 5.82 Å². The van der Waals surface area contributed by atoms with Crippen molar-refractivity contribution in [1.29, 1.82) is 0 Å². The van der Waals surface area contributed by atoms with Crippen molar-refractivity contribution in [3.05, 3.63) is 47.3 Å². The molecule has 2 N–H and O–H groups in total. The van der Waals surface area contributed by atoms with Crippen LogP contribution in [0.25, 0.3) is 0 Å². The van der Waals surface area contributed by atoms with Gasteiger partial charge in [-0.3, -0.25) is 0 Å². The Kier molecular flexibility index (Phi) is 4.99. The highest BCUT2D eigenvalue weighted by atomic mass is 19.1. The van der Waals surface area contributed by atoms with Gasteiger partial charge in [0.2, 0.25) is 0 Å². The molecule has 0 fully saturated rings. The van der Waals surface area contributed by atoms with E-state index in [0.29, 0.717) is 23.0 Å². The van der Waals surface area contributed by atoms with Crippen molar-refractivity contribution in [2.75, 3.05) is 24.8 Å². The molecule has 0 amide bonds. The van der Waals surface area contributed by atoms with Gasteiger partial charge in [-0.15, -0.1) is 0 Å². The fourth-order valence-electron chi connectivity index (χ4n) is 1.76. The van der Waals surface area contributed by atoms with Crippen molar-refractivity contribution in [3.8, 4) is 0 Å². The van der Waals surface area contributed by atoms with Crippen LogP contribution in [0.2, 0.25) is 0 Å². The summed E-state index contributed by atoms with van der Waals surface area (Å²) in [5.41, 5.74) is 0.356. The molecule has 1 heterocycles. The van der Waals surface area contributed by atoms with Gasteiger partial charge in [0.1, 0.15) is 29.9 Å². The number of rotatable bonds is 6. The quantitative estimate of drug-likeness (QED) is 0.857. The molecule has 1 aromatic heterocycles. The molecule has 2 aromatic rings. The Hall–Kier alpha value is -2.28. The van der Waals surface area contributed by atoms with Crippen LogP contribution in [0.3, 0.4) is 0 Å². The largest absolute Gasteiger partial charge is 0.377 e. The smallest absolute Gasteiger partial charge is 0.158 e. The number of hydrogen-bond donors (Lipinski definition) is 2. The minimum Gasteiger partial charge on any atom is -0.377 e. The number of benzene rings is 1. The van der Waals surface area contributed by atoms with Gasteiger partial charge in [-0.25, -0.2) is 18.7 Å². The Bertz CT molecular complexity index is 622. The molecule has 1 aromatic carbocycles. The van der Waals surface area contributed by atoms with Crippen molar-refractivity contribution in [3.63, 3.8) is 0 Å². The molecule has 0 atom stereocenters. The molecule has 0 saturated heterocycles. The summed E-state index contributed by atoms with van der Waals surface area (Å²) < 4.78 is 31.4. The molecule has 0 radical (unpaired) electrons. The van der Waals surface area contributed by atoms with Gasteiger partial charge in [0.05, 0.1) is 0 Å². The highest BCUT2D eigenvalue weighted by Gasteiger charge is 2.06. The molecule has 21 heavy (non-hydrogen) atoms. The SMILES string of the molecule is CNc1cc(NCc2ccc(F)cc2F)nc(COC)n1. The fraction of sp³-hybridized carbons (Fsp3) is 0.286. The summed E-state index contributed by atoms with van der Waals surface area (Å²) in [6.45, 7) is 0.466. The second-order valence-corrected chi connectivity index (χ2v) is 4.33. The van der Waals surface area contributed by atoms with E-state index in [4.69, 9.17) is 4.74 Å². The summed E-state index contributed by atoms with van der Waals surface area (Å²) in [5.74, 6) is 0.469. The zero-order chi connectivity index (χ0) is 15.2. The highest BCUT2D eigenvalue weighted by molar-refractivity contribution is 5.47. The number of anilines is 2. The minimum absolute atomic E-state index is 0.193. The lowest BCUT2D eigenvalue weighted by Crippen LogP contribution is -2.08. The molecule has 0 aliphatic carbocycles. The molecule has 0 aliphatic heterocycles. The lowest BCUT2D eigenvalue weighted by molar-refractivity contribution is 0.178. The Morgan fingerprint density at radius 1 is 1.14 bits per heavy atom. The lowest BCUT2D eigenvalue weighted by atomic mass is 10.2. The summed E-state index contributed by atoms with van der Waals surface area (Å²) in [6, 6.07) is 5.16. The first kappa shape index (κ1) is 15.1. The van der Waals surface area contributed by atoms with E-state index in [1.807, 2.05) is 0 Å². The van der Waals surface area contributed by atoms with E-state index in [9.17, 15) is 8.78 Å². The van der Waals surface area contributed by atoms with Crippen LogP contribution in [0.4, 0.5) is 20.4 Å². The normalized spacial score (nSPS) is 10.5. The van der Waals surface area contributed by atoms with Gasteiger partial charge in [-0.05, 0) is 6.07 Å². The third-order valence-corrected chi connectivity index (χ3v) is 2.78. The number of ether oxygens (including phenoxy) is 1. The first-order chi connectivity index (χ1) is 10.1. The van der Waals surface area contributed by atoms with Crippen LogP contribution in [-0.4, -0.2) is 24.1 Å². The van der Waals surface area contributed by atoms with Crippen LogP contribution in [-0.2, 0) is 17.9 Å². The number of nitrogens with one attached hydrogen (secondary N) is 2. The molecule has 2 rings (SSSR count). The summed E-state index contributed by atoms with van der Waals surface area (Å²) in [6.07, 6.45) is 0. The lowest BCUT2D eigenvalue weighted by Gasteiger charge is -2.10. The Morgan fingerprint density at radius 2 is 1.90 bits per heavy atom. The number of methoxy groups -OCH3 is 1. The minimum atomic E-state index is -0.599. The van der Waals surface area contributed by atoms with Gasteiger partial charge in [-0.2, -0.15) is 0 Å². The third-order valence-electron chi connectivity index (χ3n) is 2.78. The first-order valence-corrected chi connectivity index (χ1v) is 6.35. The van der Waals surface area contributed by atoms with E-state index >= 15 is 0 Å². The summed E-state index contributed by atoms with van der Waals surface area (Å²) in [7, 11) is 3.29. The average Bonchev–Trinajstić information content (AvgIpc) is 2.46. The van der Waals surface area contributed by atoms with Crippen LogP contribution in [0.5, 0.6) is 0 Å². The van der Waals surface area contributed by atoms with Crippen molar-refractivity contribution < 1.29 is 13.5 Å². The molecular weight excluding hydrogens is 278 g/mol. The van der Waals surface area contributed by atoms with Gasteiger partial charge < -0.3 is 15.4 Å². The standard InChI is InChI=1S/C14H16F2N4O/c1-17-12-6-13(20-14(19-12)8-21-2)18-7-9-3-4-10(15)5-11(9)16/h3-6H,7-8H2,1-2H3,(H2,17,18,19,20). The van der Waals surface area contributed by atoms with Crippen LogP contribution in [0.15, 0.2) is 24.3 Å². The Morgan fingerprint density at radius 3 is 2.57 bits per heavy atom. The van der Waals surface area contributed by atoms with Gasteiger partial charge in [0.25, 0.3) is 0 Å². The van der Waals surface area contributed by atoms with Crippen molar-refractivity contribution in [2.45, 2.75) is 13.2 Å². The zero-order valence-electron chi connectivity index (χ0n) is 11.8. The molecular formula is C14H16F2N4O. The number of halogens is 2. The van der Waals surface area contributed by atoms with Crippen LogP contribution in [0.1, 0.15) is 11.4 Å². The number of nitrogens with zero attached hydrogens (tertiary/aromatic N) is 2. The second kappa shape index (κ2) is 6.94. The summed E-state index contributed by atoms with van der Waals surface area (Å²) >= 11 is 0. The fourth-order valence-corrected chi connectivity index (χ4v) is 1.76. The van der Waals surface area contributed by atoms with Crippen molar-refractivity contribution >= 4 is 11.6 Å². The maximum Gasteiger partial charge on any atom is 0.158 e. The van der Waals surface area contributed by atoms with E-state index in [1.54, 1.807) is 20.2 Å². The Labute approximate surface area is 121 Å². The maximum atomic E-state index is 13.6. The van der Waals surface area contributed by atoms with Gasteiger partial charge in [0, 0.05) is 38.4 Å². The number of hydrogen-bond acceptors (Lipinski definition) is 5. The second-order valence-electron chi connectivity index (χ2n) is 4.33. The third kappa shape index (κ3) is 4.09. The molecule has 0 aliphatic rings. The van der Waals surface area contributed by atoms with Crippen molar-refractivity contribution in [1.82, 2.24) is 9.97 Å². The van der Waals surface area contributed by atoms with E-state index in [1.165, 1.54) is 12.1 Å². The van der Waals surface area contributed by atoms with Crippen LogP contribution >= 0.6 is 0 Å². The topological polar surface area (TPSA) is 59.1 Å². The van der Waals surface area contributed by atoms with Gasteiger partial charge >= 0.3 is 0 Å². The number of aromatic nitrogens is 2. The Balaban J connectivity index is 2.13. The average molecular weight is 294 g/mol. The maximum absolute atomic E-state index is 13.6. The van der Waals surface area contributed by atoms with Gasteiger partial charge in [-0.1, -0.05) is 6.07 Å². The molecule has 0 spiro atoms. The molecule has 0 bridgehead atoms. The molecule has 112 valence electrons. The molecule has 5 nitrogen and oxygen atoms in total. The molecule has 7 heteroatoms. The summed E-state index contributed by atoms with van der Waals surface area (Å²) in [5, 5.41) is 5.90. The zero-order valence-corrected chi connectivity index (χ0v) is 11.8. The molecule has 0 saturated carbocycles. The monoisotopic (exact) mass is 294 g/mol. The predicted molar refractivity (Wildman–Crippen MR) is 76.0 cm³/mol. The van der Waals surface area contributed by atoms with Crippen LogP contribution < -0.4 is 10.6 Å². The predicted octanol–water partition coefficient (Wildman–Crippen LogP) is 2.56. The van der Waals surface area contributed by atoms with E-state index in [0.717, 1.165) is 6.07 Å². The van der Waals surface area contributed by atoms with Crippen molar-refractivity contribution in [2.24, 2.45) is 0 Å². The van der Waals surface area contributed by atoms with E-state index in [-0.39, 0.29) is 13.2 Å². The van der Waals surface area contributed by atoms with E-state index < -0.39 is 11.6 Å². The first-order valence-electron chi connectivity index (χ1n) is 6.35.